The quantitative estimate of drug-likeness (QED) is 0.844. The second-order valence-electron chi connectivity index (χ2n) is 6.63. The average Bonchev–Trinajstić information content (AvgIpc) is 2.79. The molecular formula is C17H28N2OS. The molecule has 118 valence electrons. The number of aryl methyl sites for hydroxylation is 1. The summed E-state index contributed by atoms with van der Waals surface area (Å²) in [6, 6.07) is 0.395. The lowest BCUT2D eigenvalue weighted by atomic mass is 9.95. The van der Waals surface area contributed by atoms with E-state index in [9.17, 15) is 4.79 Å². The molecule has 1 aromatic heterocycles. The topological polar surface area (TPSA) is 33.2 Å². The van der Waals surface area contributed by atoms with Crippen LogP contribution in [-0.4, -0.2) is 28.4 Å². The summed E-state index contributed by atoms with van der Waals surface area (Å²) in [6.07, 6.45) is 4.93. The maximum Gasteiger partial charge on any atom is 0.228 e. The zero-order chi connectivity index (χ0) is 15.4. The molecule has 2 heterocycles. The monoisotopic (exact) mass is 308 g/mol. The molecule has 1 aliphatic heterocycles. The van der Waals surface area contributed by atoms with Gasteiger partial charge in [-0.1, -0.05) is 27.7 Å². The molecule has 0 aromatic carbocycles. The number of aromatic nitrogens is 1. The SMILES string of the molecule is CCc1nc(CC(=O)N2CCC(C)CCC2C(C)C)cs1. The number of hydrogen-bond donors (Lipinski definition) is 0. The van der Waals surface area contributed by atoms with Gasteiger partial charge in [0.05, 0.1) is 17.1 Å². The first-order valence-corrected chi connectivity index (χ1v) is 9.12. The second-order valence-corrected chi connectivity index (χ2v) is 7.58. The Balaban J connectivity index is 2.06. The van der Waals surface area contributed by atoms with Gasteiger partial charge in [-0.05, 0) is 37.5 Å². The molecule has 0 aliphatic carbocycles. The van der Waals surface area contributed by atoms with Gasteiger partial charge in [-0.3, -0.25) is 4.79 Å². The van der Waals surface area contributed by atoms with Crippen molar-refractivity contribution in [1.82, 2.24) is 9.88 Å². The number of hydrogen-bond acceptors (Lipinski definition) is 3. The Hall–Kier alpha value is -0.900. The molecule has 1 amide bonds. The molecule has 0 bridgehead atoms. The lowest BCUT2D eigenvalue weighted by Crippen LogP contribution is -2.43. The average molecular weight is 308 g/mol. The highest BCUT2D eigenvalue weighted by Crippen LogP contribution is 2.26. The molecule has 1 fully saturated rings. The molecule has 0 radical (unpaired) electrons. The number of thiazole rings is 1. The Morgan fingerprint density at radius 2 is 2.19 bits per heavy atom. The third-order valence-corrected chi connectivity index (χ3v) is 5.58. The van der Waals surface area contributed by atoms with E-state index < -0.39 is 0 Å². The van der Waals surface area contributed by atoms with Crippen LogP contribution in [0.3, 0.4) is 0 Å². The molecule has 2 unspecified atom stereocenters. The Morgan fingerprint density at radius 1 is 1.43 bits per heavy atom. The van der Waals surface area contributed by atoms with Crippen molar-refractivity contribution in [3.8, 4) is 0 Å². The minimum Gasteiger partial charge on any atom is -0.339 e. The highest BCUT2D eigenvalue weighted by atomic mass is 32.1. The van der Waals surface area contributed by atoms with Crippen molar-refractivity contribution in [3.63, 3.8) is 0 Å². The van der Waals surface area contributed by atoms with E-state index in [1.54, 1.807) is 11.3 Å². The van der Waals surface area contributed by atoms with E-state index in [2.05, 4.69) is 37.6 Å². The van der Waals surface area contributed by atoms with E-state index in [0.717, 1.165) is 42.4 Å². The van der Waals surface area contributed by atoms with Crippen molar-refractivity contribution in [1.29, 1.82) is 0 Å². The summed E-state index contributed by atoms with van der Waals surface area (Å²) in [7, 11) is 0. The summed E-state index contributed by atoms with van der Waals surface area (Å²) in [5.74, 6) is 1.52. The van der Waals surface area contributed by atoms with E-state index in [0.29, 0.717) is 18.4 Å². The highest BCUT2D eigenvalue weighted by molar-refractivity contribution is 7.09. The molecular weight excluding hydrogens is 280 g/mol. The zero-order valence-corrected chi connectivity index (χ0v) is 14.6. The van der Waals surface area contributed by atoms with Gasteiger partial charge < -0.3 is 4.90 Å². The fourth-order valence-corrected chi connectivity index (χ4v) is 3.88. The first-order chi connectivity index (χ1) is 10.0. The van der Waals surface area contributed by atoms with Gasteiger partial charge >= 0.3 is 0 Å². The lowest BCUT2D eigenvalue weighted by Gasteiger charge is -2.33. The van der Waals surface area contributed by atoms with E-state index in [1.807, 2.05) is 5.38 Å². The first kappa shape index (κ1) is 16.5. The molecule has 2 atom stereocenters. The van der Waals surface area contributed by atoms with Crippen LogP contribution in [0.5, 0.6) is 0 Å². The Labute approximate surface area is 132 Å². The van der Waals surface area contributed by atoms with Crippen molar-refractivity contribution in [2.45, 2.75) is 65.8 Å². The largest absolute Gasteiger partial charge is 0.339 e. The molecule has 1 saturated heterocycles. The molecule has 0 spiro atoms. The second kappa shape index (κ2) is 7.39. The zero-order valence-electron chi connectivity index (χ0n) is 13.8. The van der Waals surface area contributed by atoms with Crippen LogP contribution in [0.2, 0.25) is 0 Å². The lowest BCUT2D eigenvalue weighted by molar-refractivity contribution is -0.133. The summed E-state index contributed by atoms with van der Waals surface area (Å²) in [5, 5.41) is 3.17. The minimum absolute atomic E-state index is 0.260. The summed E-state index contributed by atoms with van der Waals surface area (Å²) >= 11 is 1.67. The van der Waals surface area contributed by atoms with Crippen molar-refractivity contribution in [3.05, 3.63) is 16.1 Å². The van der Waals surface area contributed by atoms with Gasteiger partial charge in [0, 0.05) is 18.0 Å². The number of carbonyl (C=O) groups is 1. The van der Waals surface area contributed by atoms with Crippen molar-refractivity contribution < 1.29 is 4.79 Å². The van der Waals surface area contributed by atoms with Crippen LogP contribution in [0.15, 0.2) is 5.38 Å². The first-order valence-electron chi connectivity index (χ1n) is 8.24. The predicted molar refractivity (Wildman–Crippen MR) is 88.6 cm³/mol. The van der Waals surface area contributed by atoms with E-state index in [4.69, 9.17) is 0 Å². The van der Waals surface area contributed by atoms with Crippen molar-refractivity contribution in [2.24, 2.45) is 11.8 Å². The van der Waals surface area contributed by atoms with Crippen LogP contribution in [0.1, 0.15) is 57.7 Å². The maximum absolute atomic E-state index is 12.7. The van der Waals surface area contributed by atoms with Crippen LogP contribution in [0.4, 0.5) is 0 Å². The van der Waals surface area contributed by atoms with Crippen LogP contribution < -0.4 is 0 Å². The molecule has 1 aromatic rings. The number of carbonyl (C=O) groups excluding carboxylic acids is 1. The van der Waals surface area contributed by atoms with E-state index in [-0.39, 0.29) is 5.91 Å². The number of rotatable bonds is 4. The Kier molecular flexibility index (Phi) is 5.80. The van der Waals surface area contributed by atoms with Gasteiger partial charge in [-0.25, -0.2) is 4.98 Å². The minimum atomic E-state index is 0.260. The number of nitrogens with zero attached hydrogens (tertiary/aromatic N) is 2. The Bertz CT molecular complexity index is 469. The summed E-state index contributed by atoms with van der Waals surface area (Å²) in [5.41, 5.74) is 0.946. The third-order valence-electron chi connectivity index (χ3n) is 4.54. The maximum atomic E-state index is 12.7. The molecule has 0 N–H and O–H groups in total. The molecule has 3 nitrogen and oxygen atoms in total. The van der Waals surface area contributed by atoms with Crippen molar-refractivity contribution >= 4 is 17.2 Å². The van der Waals surface area contributed by atoms with Gasteiger partial charge in [-0.15, -0.1) is 11.3 Å². The van der Waals surface area contributed by atoms with Gasteiger partial charge in [0.15, 0.2) is 0 Å². The third kappa shape index (κ3) is 4.29. The fourth-order valence-electron chi connectivity index (χ4n) is 3.13. The van der Waals surface area contributed by atoms with Crippen LogP contribution in [-0.2, 0) is 17.6 Å². The van der Waals surface area contributed by atoms with E-state index >= 15 is 0 Å². The molecule has 0 saturated carbocycles. The summed E-state index contributed by atoms with van der Waals surface area (Å²) in [6.45, 7) is 9.79. The van der Waals surface area contributed by atoms with Gasteiger partial charge in [0.2, 0.25) is 5.91 Å². The fraction of sp³-hybridized carbons (Fsp3) is 0.765. The van der Waals surface area contributed by atoms with Gasteiger partial charge in [0.25, 0.3) is 0 Å². The molecule has 1 aliphatic rings. The molecule has 21 heavy (non-hydrogen) atoms. The summed E-state index contributed by atoms with van der Waals surface area (Å²) < 4.78 is 0. The van der Waals surface area contributed by atoms with Crippen LogP contribution in [0.25, 0.3) is 0 Å². The van der Waals surface area contributed by atoms with Crippen molar-refractivity contribution in [2.75, 3.05) is 6.54 Å². The molecule has 4 heteroatoms. The molecule has 2 rings (SSSR count). The highest BCUT2D eigenvalue weighted by Gasteiger charge is 2.29. The van der Waals surface area contributed by atoms with Gasteiger partial charge in [-0.2, -0.15) is 0 Å². The predicted octanol–water partition coefficient (Wildman–Crippen LogP) is 3.92. The number of amides is 1. The Morgan fingerprint density at radius 3 is 2.81 bits per heavy atom. The number of likely N-dealkylation sites (tertiary alicyclic amines) is 1. The van der Waals surface area contributed by atoms with Crippen LogP contribution >= 0.6 is 11.3 Å². The standard InChI is InChI=1S/C17H28N2OS/c1-5-16-18-14(11-21-16)10-17(20)19-9-8-13(4)6-7-15(19)12(2)3/h11-13,15H,5-10H2,1-4H3. The van der Waals surface area contributed by atoms with Crippen LogP contribution in [0, 0.1) is 11.8 Å². The smallest absolute Gasteiger partial charge is 0.228 e. The van der Waals surface area contributed by atoms with Gasteiger partial charge in [0.1, 0.15) is 0 Å². The summed E-state index contributed by atoms with van der Waals surface area (Å²) in [4.78, 5) is 19.4. The normalized spacial score (nSPS) is 23.4. The van der Waals surface area contributed by atoms with E-state index in [1.165, 1.54) is 6.42 Å².